The second-order valence-electron chi connectivity index (χ2n) is 5.50. The summed E-state index contributed by atoms with van der Waals surface area (Å²) in [6.45, 7) is 3.95. The molecular formula is C18H15ClN2O4S. The molecule has 0 radical (unpaired) electrons. The number of halogens is 1. The van der Waals surface area contributed by atoms with Gasteiger partial charge >= 0.3 is 0 Å². The summed E-state index contributed by atoms with van der Waals surface area (Å²) in [4.78, 5) is 29.5. The second kappa shape index (κ2) is 7.72. The SMILES string of the molecule is Cc1nc(NC(=O)c2cc(=O)c(OCc3ccc(Cl)cc3)co2)sc1C. The fourth-order valence-corrected chi connectivity index (χ4v) is 2.99. The highest BCUT2D eigenvalue weighted by Gasteiger charge is 2.14. The molecule has 0 fully saturated rings. The van der Waals surface area contributed by atoms with E-state index in [0.717, 1.165) is 28.5 Å². The van der Waals surface area contributed by atoms with Gasteiger partial charge in [0.05, 0.1) is 5.69 Å². The van der Waals surface area contributed by atoms with Crippen molar-refractivity contribution in [2.45, 2.75) is 20.5 Å². The van der Waals surface area contributed by atoms with Gasteiger partial charge in [0.2, 0.25) is 11.2 Å². The zero-order valence-electron chi connectivity index (χ0n) is 14.0. The summed E-state index contributed by atoms with van der Waals surface area (Å²) >= 11 is 7.18. The Morgan fingerprint density at radius 3 is 2.65 bits per heavy atom. The molecule has 1 N–H and O–H groups in total. The van der Waals surface area contributed by atoms with E-state index in [1.54, 1.807) is 24.3 Å². The van der Waals surface area contributed by atoms with Gasteiger partial charge in [0, 0.05) is 16.0 Å². The Balaban J connectivity index is 1.67. The minimum Gasteiger partial charge on any atom is -0.482 e. The molecule has 6 nitrogen and oxygen atoms in total. The average Bonchev–Trinajstić information content (AvgIpc) is 2.92. The van der Waals surface area contributed by atoms with E-state index in [0.29, 0.717) is 10.2 Å². The number of rotatable bonds is 5. The molecule has 2 aromatic heterocycles. The Hall–Kier alpha value is -2.64. The molecule has 0 saturated heterocycles. The van der Waals surface area contributed by atoms with E-state index in [1.165, 1.54) is 11.3 Å². The molecule has 0 aliphatic heterocycles. The molecule has 0 aliphatic rings. The fraction of sp³-hybridized carbons (Fsp3) is 0.167. The molecule has 0 saturated carbocycles. The number of ether oxygens (including phenoxy) is 1. The highest BCUT2D eigenvalue weighted by Crippen LogP contribution is 2.21. The van der Waals surface area contributed by atoms with Crippen LogP contribution in [0.4, 0.5) is 5.13 Å². The summed E-state index contributed by atoms with van der Waals surface area (Å²) in [7, 11) is 0. The largest absolute Gasteiger partial charge is 0.482 e. The first-order valence-electron chi connectivity index (χ1n) is 7.68. The van der Waals surface area contributed by atoms with Crippen LogP contribution in [0.5, 0.6) is 5.75 Å². The van der Waals surface area contributed by atoms with E-state index in [2.05, 4.69) is 10.3 Å². The van der Waals surface area contributed by atoms with Crippen LogP contribution < -0.4 is 15.5 Å². The Bertz CT molecular complexity index is 976. The van der Waals surface area contributed by atoms with Gasteiger partial charge < -0.3 is 9.15 Å². The molecule has 0 aliphatic carbocycles. The molecule has 3 aromatic rings. The number of aryl methyl sites for hydroxylation is 2. The number of thiazole rings is 1. The molecule has 2 heterocycles. The predicted molar refractivity (Wildman–Crippen MR) is 100 cm³/mol. The first kappa shape index (κ1) is 18.2. The quantitative estimate of drug-likeness (QED) is 0.706. The van der Waals surface area contributed by atoms with Gasteiger partial charge in [-0.1, -0.05) is 23.7 Å². The Labute approximate surface area is 158 Å². The Kier molecular flexibility index (Phi) is 5.39. The van der Waals surface area contributed by atoms with E-state index >= 15 is 0 Å². The fourth-order valence-electron chi connectivity index (χ4n) is 2.05. The molecule has 1 amide bonds. The average molecular weight is 391 g/mol. The molecule has 134 valence electrons. The first-order valence-corrected chi connectivity index (χ1v) is 8.87. The number of hydrogen-bond donors (Lipinski definition) is 1. The van der Waals surface area contributed by atoms with Crippen LogP contribution in [0.1, 0.15) is 26.7 Å². The zero-order valence-corrected chi connectivity index (χ0v) is 15.6. The van der Waals surface area contributed by atoms with Crippen LogP contribution in [0.3, 0.4) is 0 Å². The molecule has 0 unspecified atom stereocenters. The number of nitrogens with one attached hydrogen (secondary N) is 1. The second-order valence-corrected chi connectivity index (χ2v) is 7.14. The van der Waals surface area contributed by atoms with Crippen LogP contribution in [-0.4, -0.2) is 10.9 Å². The van der Waals surface area contributed by atoms with Crippen molar-refractivity contribution < 1.29 is 13.9 Å². The smallest absolute Gasteiger partial charge is 0.293 e. The molecule has 3 rings (SSSR count). The molecule has 26 heavy (non-hydrogen) atoms. The normalized spacial score (nSPS) is 10.6. The van der Waals surface area contributed by atoms with Gasteiger partial charge in [-0.25, -0.2) is 4.98 Å². The third-order valence-electron chi connectivity index (χ3n) is 3.58. The van der Waals surface area contributed by atoms with Gasteiger partial charge in [-0.3, -0.25) is 14.9 Å². The topological polar surface area (TPSA) is 81.4 Å². The molecule has 8 heteroatoms. The number of aromatic nitrogens is 1. The number of carbonyl (C=O) groups excluding carboxylic acids is 1. The van der Waals surface area contributed by atoms with Gasteiger partial charge in [0.25, 0.3) is 5.91 Å². The third kappa shape index (κ3) is 4.30. The van der Waals surface area contributed by atoms with Crippen molar-refractivity contribution in [3.05, 3.63) is 73.7 Å². The molecule has 1 aromatic carbocycles. The summed E-state index contributed by atoms with van der Waals surface area (Å²) in [5.74, 6) is -0.628. The molecule has 0 bridgehead atoms. The summed E-state index contributed by atoms with van der Waals surface area (Å²) in [5.41, 5.74) is 1.25. The number of nitrogens with zero attached hydrogens (tertiary/aromatic N) is 1. The molecular weight excluding hydrogens is 376 g/mol. The van der Waals surface area contributed by atoms with E-state index in [9.17, 15) is 9.59 Å². The van der Waals surface area contributed by atoms with Gasteiger partial charge in [0.15, 0.2) is 10.9 Å². The number of anilines is 1. The monoisotopic (exact) mass is 390 g/mol. The standard InChI is InChI=1S/C18H15ClN2O4S/c1-10-11(2)26-18(20-10)21-17(23)15-7-14(22)16(9-25-15)24-8-12-3-5-13(19)6-4-12/h3-7,9H,8H2,1-2H3,(H,20,21,23). The van der Waals surface area contributed by atoms with Gasteiger partial charge in [-0.2, -0.15) is 0 Å². The minimum atomic E-state index is -0.542. The van der Waals surface area contributed by atoms with Crippen LogP contribution >= 0.6 is 22.9 Å². The minimum absolute atomic E-state index is 0.0254. The maximum absolute atomic E-state index is 12.2. The van der Waals surface area contributed by atoms with Crippen molar-refractivity contribution in [1.29, 1.82) is 0 Å². The highest BCUT2D eigenvalue weighted by molar-refractivity contribution is 7.15. The van der Waals surface area contributed by atoms with Gasteiger partial charge in [0.1, 0.15) is 12.9 Å². The van der Waals surface area contributed by atoms with Crippen molar-refractivity contribution in [2.75, 3.05) is 5.32 Å². The van der Waals surface area contributed by atoms with Gasteiger partial charge in [-0.15, -0.1) is 11.3 Å². The maximum Gasteiger partial charge on any atom is 0.293 e. The van der Waals surface area contributed by atoms with E-state index < -0.39 is 11.3 Å². The lowest BCUT2D eigenvalue weighted by atomic mass is 10.2. The Morgan fingerprint density at radius 2 is 2.04 bits per heavy atom. The number of amides is 1. The molecule has 0 spiro atoms. The van der Waals surface area contributed by atoms with Crippen LogP contribution in [0.15, 0.2) is 45.8 Å². The maximum atomic E-state index is 12.2. The van der Waals surface area contributed by atoms with E-state index in [1.807, 2.05) is 13.8 Å². The lowest BCUT2D eigenvalue weighted by Crippen LogP contribution is -2.15. The lowest BCUT2D eigenvalue weighted by Gasteiger charge is -2.06. The van der Waals surface area contributed by atoms with E-state index in [4.69, 9.17) is 20.8 Å². The van der Waals surface area contributed by atoms with Crippen LogP contribution in [-0.2, 0) is 6.61 Å². The number of hydrogen-bond acceptors (Lipinski definition) is 6. The van der Waals surface area contributed by atoms with Crippen LogP contribution in [0, 0.1) is 13.8 Å². The first-order chi connectivity index (χ1) is 12.4. The summed E-state index contributed by atoms with van der Waals surface area (Å²) in [6.07, 6.45) is 1.13. The summed E-state index contributed by atoms with van der Waals surface area (Å²) in [6, 6.07) is 8.16. The Morgan fingerprint density at radius 1 is 1.31 bits per heavy atom. The van der Waals surface area contributed by atoms with Crippen LogP contribution in [0.25, 0.3) is 0 Å². The van der Waals surface area contributed by atoms with Crippen molar-refractivity contribution >= 4 is 34.0 Å². The summed E-state index contributed by atoms with van der Waals surface area (Å²) < 4.78 is 10.7. The predicted octanol–water partition coefficient (Wildman–Crippen LogP) is 4.20. The third-order valence-corrected chi connectivity index (χ3v) is 4.82. The number of carbonyl (C=O) groups is 1. The van der Waals surface area contributed by atoms with Gasteiger partial charge in [-0.05, 0) is 31.5 Å². The van der Waals surface area contributed by atoms with Crippen molar-refractivity contribution in [3.8, 4) is 5.75 Å². The van der Waals surface area contributed by atoms with Crippen molar-refractivity contribution in [3.63, 3.8) is 0 Å². The van der Waals surface area contributed by atoms with Crippen LogP contribution in [0.2, 0.25) is 5.02 Å². The summed E-state index contributed by atoms with van der Waals surface area (Å²) in [5, 5.41) is 3.69. The zero-order chi connectivity index (χ0) is 18.7. The van der Waals surface area contributed by atoms with E-state index in [-0.39, 0.29) is 18.1 Å². The number of benzene rings is 1. The lowest BCUT2D eigenvalue weighted by molar-refractivity contribution is 0.0993. The highest BCUT2D eigenvalue weighted by atomic mass is 35.5. The van der Waals surface area contributed by atoms with Crippen molar-refractivity contribution in [2.24, 2.45) is 0 Å². The molecule has 0 atom stereocenters. The van der Waals surface area contributed by atoms with Crippen molar-refractivity contribution in [1.82, 2.24) is 4.98 Å².